The Kier molecular flexibility index (Phi) is 4.29. The van der Waals surface area contributed by atoms with Crippen LogP contribution in [0.4, 0.5) is 5.69 Å². The summed E-state index contributed by atoms with van der Waals surface area (Å²) in [5.74, 6) is 5.13. The Labute approximate surface area is 117 Å². The first-order valence-electron chi connectivity index (χ1n) is 5.12. The molecule has 2 heterocycles. The minimum atomic E-state index is -0.208. The fourth-order valence-corrected chi connectivity index (χ4v) is 2.80. The van der Waals surface area contributed by atoms with Gasteiger partial charge in [-0.1, -0.05) is 0 Å². The molecule has 0 unspecified atom stereocenters. The van der Waals surface area contributed by atoms with Crippen LogP contribution < -0.4 is 16.6 Å². The Morgan fingerprint density at radius 3 is 3.06 bits per heavy atom. The van der Waals surface area contributed by atoms with Crippen molar-refractivity contribution in [1.29, 1.82) is 0 Å². The third kappa shape index (κ3) is 3.06. The third-order valence-corrected chi connectivity index (χ3v) is 3.96. The van der Waals surface area contributed by atoms with Gasteiger partial charge in [0, 0.05) is 27.1 Å². The van der Waals surface area contributed by atoms with Crippen LogP contribution in [0, 0.1) is 0 Å². The highest BCUT2D eigenvalue weighted by atomic mass is 79.9. The molecule has 5 nitrogen and oxygen atoms in total. The van der Waals surface area contributed by atoms with Crippen LogP contribution in [0.25, 0.3) is 0 Å². The van der Waals surface area contributed by atoms with E-state index < -0.39 is 0 Å². The monoisotopic (exact) mass is 326 g/mol. The Morgan fingerprint density at radius 2 is 2.39 bits per heavy atom. The van der Waals surface area contributed by atoms with E-state index >= 15 is 0 Å². The molecule has 0 saturated heterocycles. The van der Waals surface area contributed by atoms with Crippen molar-refractivity contribution >= 4 is 38.9 Å². The largest absolute Gasteiger partial charge is 0.347 e. The standard InChI is InChI=1S/C11H11BrN4OS/c12-7-3-8(18-6-7)4-15-11(17)9-5-14-2-1-10(9)16-13/h1-3,5-6H,4,13H2,(H,14,16)(H,15,17). The van der Waals surface area contributed by atoms with Crippen molar-refractivity contribution in [3.05, 3.63) is 44.8 Å². The van der Waals surface area contributed by atoms with Crippen LogP contribution in [-0.2, 0) is 6.54 Å². The smallest absolute Gasteiger partial charge is 0.255 e. The summed E-state index contributed by atoms with van der Waals surface area (Å²) in [6, 6.07) is 3.62. The normalized spacial score (nSPS) is 10.1. The van der Waals surface area contributed by atoms with E-state index in [4.69, 9.17) is 5.84 Å². The van der Waals surface area contributed by atoms with Gasteiger partial charge in [-0.05, 0) is 28.1 Å². The second-order valence-corrected chi connectivity index (χ2v) is 5.39. The average Bonchev–Trinajstić information content (AvgIpc) is 2.81. The van der Waals surface area contributed by atoms with Crippen molar-refractivity contribution in [3.63, 3.8) is 0 Å². The van der Waals surface area contributed by atoms with Gasteiger partial charge in [-0.25, -0.2) is 0 Å². The maximum absolute atomic E-state index is 12.0. The number of halogens is 1. The second-order valence-electron chi connectivity index (χ2n) is 3.48. The number of rotatable bonds is 4. The van der Waals surface area contributed by atoms with Crippen molar-refractivity contribution in [2.45, 2.75) is 6.54 Å². The van der Waals surface area contributed by atoms with E-state index in [0.29, 0.717) is 17.8 Å². The van der Waals surface area contributed by atoms with Crippen molar-refractivity contribution in [1.82, 2.24) is 10.3 Å². The number of hydrogen-bond acceptors (Lipinski definition) is 5. The number of nitrogens with one attached hydrogen (secondary N) is 2. The summed E-state index contributed by atoms with van der Waals surface area (Å²) in [5, 5.41) is 4.79. The minimum Gasteiger partial charge on any atom is -0.347 e. The summed E-state index contributed by atoms with van der Waals surface area (Å²) < 4.78 is 1.02. The molecule has 18 heavy (non-hydrogen) atoms. The number of hydrogen-bond donors (Lipinski definition) is 3. The van der Waals surface area contributed by atoms with Crippen LogP contribution in [0.1, 0.15) is 15.2 Å². The zero-order chi connectivity index (χ0) is 13.0. The topological polar surface area (TPSA) is 80.0 Å². The highest BCUT2D eigenvalue weighted by Gasteiger charge is 2.10. The third-order valence-electron chi connectivity index (χ3n) is 2.27. The first kappa shape index (κ1) is 13.0. The average molecular weight is 327 g/mol. The number of nitrogens with two attached hydrogens (primary N) is 1. The van der Waals surface area contributed by atoms with Gasteiger partial charge in [0.25, 0.3) is 5.91 Å². The van der Waals surface area contributed by atoms with Gasteiger partial charge < -0.3 is 10.7 Å². The molecule has 2 rings (SSSR count). The second kappa shape index (κ2) is 5.94. The lowest BCUT2D eigenvalue weighted by Crippen LogP contribution is -2.24. The lowest BCUT2D eigenvalue weighted by atomic mass is 10.2. The van der Waals surface area contributed by atoms with Crippen LogP contribution in [0.3, 0.4) is 0 Å². The number of nitrogen functional groups attached to an aromatic ring is 1. The summed E-state index contributed by atoms with van der Waals surface area (Å²) in [4.78, 5) is 16.9. The van der Waals surface area contributed by atoms with E-state index in [-0.39, 0.29) is 5.91 Å². The summed E-state index contributed by atoms with van der Waals surface area (Å²) in [6.07, 6.45) is 3.05. The number of carbonyl (C=O) groups is 1. The van der Waals surface area contributed by atoms with Gasteiger partial charge in [-0.2, -0.15) is 0 Å². The van der Waals surface area contributed by atoms with Crippen LogP contribution in [-0.4, -0.2) is 10.9 Å². The predicted molar refractivity (Wildman–Crippen MR) is 75.2 cm³/mol. The zero-order valence-electron chi connectivity index (χ0n) is 9.31. The van der Waals surface area contributed by atoms with Crippen molar-refractivity contribution in [2.75, 3.05) is 5.43 Å². The molecular formula is C11H11BrN4OS. The highest BCUT2D eigenvalue weighted by molar-refractivity contribution is 9.10. The Balaban J connectivity index is 2.03. The molecule has 0 spiro atoms. The number of carbonyl (C=O) groups excluding carboxylic acids is 1. The fraction of sp³-hybridized carbons (Fsp3) is 0.0909. The molecular weight excluding hydrogens is 316 g/mol. The van der Waals surface area contributed by atoms with Crippen LogP contribution >= 0.6 is 27.3 Å². The number of anilines is 1. The molecule has 2 aromatic rings. The number of thiophene rings is 1. The lowest BCUT2D eigenvalue weighted by molar-refractivity contribution is 0.0951. The maximum atomic E-state index is 12.0. The van der Waals surface area contributed by atoms with Crippen LogP contribution in [0.15, 0.2) is 34.4 Å². The van der Waals surface area contributed by atoms with E-state index in [2.05, 4.69) is 31.7 Å². The van der Waals surface area contributed by atoms with Gasteiger partial charge in [0.05, 0.1) is 17.8 Å². The summed E-state index contributed by atoms with van der Waals surface area (Å²) in [7, 11) is 0. The molecule has 0 aromatic carbocycles. The molecule has 0 aliphatic carbocycles. The quantitative estimate of drug-likeness (QED) is 0.594. The number of nitrogens with zero attached hydrogens (tertiary/aromatic N) is 1. The molecule has 0 fully saturated rings. The van der Waals surface area contributed by atoms with Gasteiger partial charge >= 0.3 is 0 Å². The molecule has 7 heteroatoms. The maximum Gasteiger partial charge on any atom is 0.255 e. The van der Waals surface area contributed by atoms with Crippen molar-refractivity contribution in [3.8, 4) is 0 Å². The van der Waals surface area contributed by atoms with Gasteiger partial charge in [0.15, 0.2) is 0 Å². The molecule has 0 aliphatic rings. The fourth-order valence-electron chi connectivity index (χ4n) is 1.41. The first-order chi connectivity index (χ1) is 8.70. The Hall–Kier alpha value is -1.44. The number of pyridine rings is 1. The van der Waals surface area contributed by atoms with E-state index in [1.807, 2.05) is 11.4 Å². The number of hydrazine groups is 1. The Bertz CT molecular complexity index is 557. The molecule has 2 aromatic heterocycles. The minimum absolute atomic E-state index is 0.208. The SMILES string of the molecule is NNc1ccncc1C(=O)NCc1cc(Br)cs1. The Morgan fingerprint density at radius 1 is 1.56 bits per heavy atom. The zero-order valence-corrected chi connectivity index (χ0v) is 11.7. The summed E-state index contributed by atoms with van der Waals surface area (Å²) >= 11 is 4.95. The number of amides is 1. The van der Waals surface area contributed by atoms with Gasteiger partial charge in [-0.3, -0.25) is 15.6 Å². The molecule has 0 radical (unpaired) electrons. The summed E-state index contributed by atoms with van der Waals surface area (Å²) in [6.45, 7) is 0.480. The van der Waals surface area contributed by atoms with Crippen molar-refractivity contribution < 1.29 is 4.79 Å². The molecule has 94 valence electrons. The summed E-state index contributed by atoms with van der Waals surface area (Å²) in [5.41, 5.74) is 3.45. The molecule has 4 N–H and O–H groups in total. The van der Waals surface area contributed by atoms with E-state index in [1.165, 1.54) is 6.20 Å². The van der Waals surface area contributed by atoms with E-state index in [9.17, 15) is 4.79 Å². The predicted octanol–water partition coefficient (Wildman–Crippen LogP) is 2.12. The van der Waals surface area contributed by atoms with E-state index in [0.717, 1.165) is 9.35 Å². The molecule has 0 bridgehead atoms. The molecule has 0 saturated carbocycles. The molecule has 0 aliphatic heterocycles. The highest BCUT2D eigenvalue weighted by Crippen LogP contribution is 2.19. The van der Waals surface area contributed by atoms with Gasteiger partial charge in [0.1, 0.15) is 0 Å². The van der Waals surface area contributed by atoms with Crippen LogP contribution in [0.2, 0.25) is 0 Å². The van der Waals surface area contributed by atoms with Gasteiger partial charge in [-0.15, -0.1) is 11.3 Å². The molecule has 1 amide bonds. The first-order valence-corrected chi connectivity index (χ1v) is 6.79. The van der Waals surface area contributed by atoms with E-state index in [1.54, 1.807) is 23.6 Å². The van der Waals surface area contributed by atoms with Crippen LogP contribution in [0.5, 0.6) is 0 Å². The molecule has 0 atom stereocenters. The van der Waals surface area contributed by atoms with Gasteiger partial charge in [0.2, 0.25) is 0 Å². The van der Waals surface area contributed by atoms with Crippen molar-refractivity contribution in [2.24, 2.45) is 5.84 Å². The lowest BCUT2D eigenvalue weighted by Gasteiger charge is -2.08. The number of aromatic nitrogens is 1.